The molecule has 0 heterocycles. The van der Waals surface area contributed by atoms with Crippen molar-refractivity contribution in [3.8, 4) is 0 Å². The minimum atomic E-state index is 0.0349. The maximum atomic E-state index is 11.7. The highest BCUT2D eigenvalue weighted by molar-refractivity contribution is 5.74. The van der Waals surface area contributed by atoms with Crippen molar-refractivity contribution < 1.29 is 4.79 Å². The largest absolute Gasteiger partial charge is 0.338 e. The minimum Gasteiger partial charge on any atom is -0.338 e. The van der Waals surface area contributed by atoms with Gasteiger partial charge in [0.15, 0.2) is 0 Å². The van der Waals surface area contributed by atoms with Crippen LogP contribution in [0.4, 0.5) is 4.79 Å². The first-order valence-corrected chi connectivity index (χ1v) is 7.50. The molecule has 4 N–H and O–H groups in total. The van der Waals surface area contributed by atoms with E-state index in [1.807, 2.05) is 0 Å². The number of rotatable bonds is 6. The van der Waals surface area contributed by atoms with E-state index in [0.717, 1.165) is 56.0 Å². The number of nitrogens with two attached hydrogens (primary N) is 1. The third-order valence-corrected chi connectivity index (χ3v) is 4.88. The molecule has 4 heteroatoms. The summed E-state index contributed by atoms with van der Waals surface area (Å²) in [6, 6.07) is 0.424. The molecule has 0 radical (unpaired) electrons. The van der Waals surface area contributed by atoms with Crippen LogP contribution in [-0.4, -0.2) is 25.2 Å². The van der Waals surface area contributed by atoms with Gasteiger partial charge in [0.1, 0.15) is 0 Å². The summed E-state index contributed by atoms with van der Waals surface area (Å²) in [5, 5.41) is 6.09. The molecular formula is C14H25N3O. The zero-order chi connectivity index (χ0) is 12.5. The second-order valence-electron chi connectivity index (χ2n) is 6.46. The van der Waals surface area contributed by atoms with Gasteiger partial charge in [0.05, 0.1) is 0 Å². The summed E-state index contributed by atoms with van der Waals surface area (Å²) in [6.45, 7) is 1.65. The van der Waals surface area contributed by atoms with E-state index >= 15 is 0 Å². The van der Waals surface area contributed by atoms with E-state index in [4.69, 9.17) is 5.73 Å². The highest BCUT2D eigenvalue weighted by Gasteiger charge is 2.47. The van der Waals surface area contributed by atoms with Gasteiger partial charge in [-0.3, -0.25) is 0 Å². The Morgan fingerprint density at radius 2 is 2.00 bits per heavy atom. The zero-order valence-electron chi connectivity index (χ0n) is 11.0. The Labute approximate surface area is 109 Å². The Bertz CT molecular complexity index is 310. The van der Waals surface area contributed by atoms with Crippen LogP contribution in [0.3, 0.4) is 0 Å². The van der Waals surface area contributed by atoms with E-state index in [0.29, 0.717) is 6.04 Å². The van der Waals surface area contributed by atoms with Gasteiger partial charge in [0.2, 0.25) is 0 Å². The summed E-state index contributed by atoms with van der Waals surface area (Å²) in [7, 11) is 0. The second-order valence-corrected chi connectivity index (χ2v) is 6.46. The number of amides is 2. The van der Waals surface area contributed by atoms with Gasteiger partial charge < -0.3 is 16.4 Å². The molecule has 0 aromatic carbocycles. The summed E-state index contributed by atoms with van der Waals surface area (Å²) < 4.78 is 0. The van der Waals surface area contributed by atoms with Crippen LogP contribution in [0.5, 0.6) is 0 Å². The first-order chi connectivity index (χ1) is 8.76. The van der Waals surface area contributed by atoms with Gasteiger partial charge in [-0.15, -0.1) is 0 Å². The monoisotopic (exact) mass is 251 g/mol. The molecule has 0 bridgehead atoms. The van der Waals surface area contributed by atoms with E-state index in [-0.39, 0.29) is 6.03 Å². The van der Waals surface area contributed by atoms with Gasteiger partial charge in [0.25, 0.3) is 0 Å². The van der Waals surface area contributed by atoms with Crippen LogP contribution in [0.1, 0.15) is 38.5 Å². The van der Waals surface area contributed by atoms with Crippen LogP contribution in [0, 0.1) is 23.7 Å². The Balaban J connectivity index is 1.24. The van der Waals surface area contributed by atoms with Crippen molar-refractivity contribution in [2.24, 2.45) is 29.4 Å². The van der Waals surface area contributed by atoms with Gasteiger partial charge in [-0.1, -0.05) is 0 Å². The van der Waals surface area contributed by atoms with Crippen molar-refractivity contribution in [3.63, 3.8) is 0 Å². The van der Waals surface area contributed by atoms with Crippen LogP contribution in [-0.2, 0) is 0 Å². The molecule has 0 unspecified atom stereocenters. The number of urea groups is 1. The maximum Gasteiger partial charge on any atom is 0.315 e. The molecule has 102 valence electrons. The molecule has 3 fully saturated rings. The van der Waals surface area contributed by atoms with Gasteiger partial charge >= 0.3 is 6.03 Å². The van der Waals surface area contributed by atoms with Crippen LogP contribution >= 0.6 is 0 Å². The predicted octanol–water partition coefficient (Wildman–Crippen LogP) is 1.46. The molecule has 18 heavy (non-hydrogen) atoms. The SMILES string of the molecule is NCCC1CC(NC(=O)NC[C@@H]2C[C@H]2C2CC2)C1. The van der Waals surface area contributed by atoms with Crippen molar-refractivity contribution >= 4 is 6.03 Å². The lowest BCUT2D eigenvalue weighted by Gasteiger charge is -2.35. The molecule has 0 saturated heterocycles. The predicted molar refractivity (Wildman–Crippen MR) is 71.0 cm³/mol. The lowest BCUT2D eigenvalue weighted by atomic mass is 9.78. The number of nitrogens with one attached hydrogen (secondary N) is 2. The van der Waals surface area contributed by atoms with E-state index in [2.05, 4.69) is 10.6 Å². The fraction of sp³-hybridized carbons (Fsp3) is 0.929. The maximum absolute atomic E-state index is 11.7. The molecule has 4 nitrogen and oxygen atoms in total. The van der Waals surface area contributed by atoms with Crippen LogP contribution in [0.15, 0.2) is 0 Å². The third kappa shape index (κ3) is 2.97. The van der Waals surface area contributed by atoms with Crippen molar-refractivity contribution in [2.45, 2.75) is 44.6 Å². The van der Waals surface area contributed by atoms with Crippen LogP contribution in [0.25, 0.3) is 0 Å². The quantitative estimate of drug-likeness (QED) is 0.669. The van der Waals surface area contributed by atoms with Crippen molar-refractivity contribution in [1.82, 2.24) is 10.6 Å². The Kier molecular flexibility index (Phi) is 3.46. The van der Waals surface area contributed by atoms with Gasteiger partial charge in [-0.05, 0) is 68.7 Å². The van der Waals surface area contributed by atoms with E-state index in [1.54, 1.807) is 0 Å². The molecule has 0 aromatic heterocycles. The molecule has 3 saturated carbocycles. The van der Waals surface area contributed by atoms with Crippen molar-refractivity contribution in [2.75, 3.05) is 13.1 Å². The number of hydrogen-bond donors (Lipinski definition) is 3. The second kappa shape index (κ2) is 5.08. The van der Waals surface area contributed by atoms with Crippen LogP contribution < -0.4 is 16.4 Å². The molecule has 0 aliphatic heterocycles. The molecule has 2 amide bonds. The number of carbonyl (C=O) groups is 1. The lowest BCUT2D eigenvalue weighted by molar-refractivity contribution is 0.197. The summed E-state index contributed by atoms with van der Waals surface area (Å²) in [6.07, 6.45) is 7.52. The van der Waals surface area contributed by atoms with Crippen molar-refractivity contribution in [1.29, 1.82) is 0 Å². The lowest BCUT2D eigenvalue weighted by Crippen LogP contribution is -2.49. The first kappa shape index (κ1) is 12.3. The average Bonchev–Trinajstić information content (AvgIpc) is 3.13. The zero-order valence-corrected chi connectivity index (χ0v) is 11.0. The number of hydrogen-bond acceptors (Lipinski definition) is 2. The molecule has 3 aliphatic carbocycles. The Morgan fingerprint density at radius 1 is 1.22 bits per heavy atom. The highest BCUT2D eigenvalue weighted by atomic mass is 16.2. The van der Waals surface area contributed by atoms with E-state index < -0.39 is 0 Å². The van der Waals surface area contributed by atoms with Gasteiger partial charge in [0, 0.05) is 12.6 Å². The standard InChI is InChI=1S/C14H25N3O/c15-4-3-9-5-12(6-9)17-14(18)16-8-11-7-13(11)10-1-2-10/h9-13H,1-8,15H2,(H2,16,17,18)/t9?,11-,12?,13-/m0/s1. The van der Waals surface area contributed by atoms with E-state index in [9.17, 15) is 4.79 Å². The molecular weight excluding hydrogens is 226 g/mol. The van der Waals surface area contributed by atoms with E-state index in [1.165, 1.54) is 19.3 Å². The van der Waals surface area contributed by atoms with Gasteiger partial charge in [-0.25, -0.2) is 4.79 Å². The number of carbonyl (C=O) groups excluding carboxylic acids is 1. The smallest absolute Gasteiger partial charge is 0.315 e. The summed E-state index contributed by atoms with van der Waals surface area (Å²) in [5.74, 6) is 3.45. The third-order valence-electron chi connectivity index (χ3n) is 4.88. The Hall–Kier alpha value is -0.770. The summed E-state index contributed by atoms with van der Waals surface area (Å²) in [5.41, 5.74) is 5.52. The first-order valence-electron chi connectivity index (χ1n) is 7.50. The molecule has 3 rings (SSSR count). The fourth-order valence-corrected chi connectivity index (χ4v) is 3.39. The molecule has 3 aliphatic rings. The van der Waals surface area contributed by atoms with Crippen LogP contribution in [0.2, 0.25) is 0 Å². The minimum absolute atomic E-state index is 0.0349. The highest BCUT2D eigenvalue weighted by Crippen LogP contribution is 2.53. The van der Waals surface area contributed by atoms with Gasteiger partial charge in [-0.2, -0.15) is 0 Å². The summed E-state index contributed by atoms with van der Waals surface area (Å²) >= 11 is 0. The molecule has 2 atom stereocenters. The average molecular weight is 251 g/mol. The normalized spacial score (nSPS) is 37.8. The molecule has 0 aromatic rings. The summed E-state index contributed by atoms with van der Waals surface area (Å²) in [4.78, 5) is 11.7. The van der Waals surface area contributed by atoms with Crippen molar-refractivity contribution in [3.05, 3.63) is 0 Å². The molecule has 0 spiro atoms. The Morgan fingerprint density at radius 3 is 2.67 bits per heavy atom. The topological polar surface area (TPSA) is 67.1 Å². The fourth-order valence-electron chi connectivity index (χ4n) is 3.39.